The number of nitrogens with one attached hydrogen (secondary N) is 1. The standard InChI is InChI=1S/C26H22ClN3O3/c1-32-25-16-20(10-13-24(25)33-18-19-8-11-21(27)12-9-19)17-28-29-26(31)22-6-2-3-7-23(22)30-14-4-5-15-30/h2-17H,18H2,1H3,(H,29,31)/b28-17-. The molecule has 0 spiro atoms. The van der Waals surface area contributed by atoms with E-state index in [1.807, 2.05) is 77.6 Å². The van der Waals surface area contributed by atoms with E-state index in [9.17, 15) is 4.79 Å². The third-order valence-corrected chi connectivity index (χ3v) is 5.16. The highest BCUT2D eigenvalue weighted by Crippen LogP contribution is 2.28. The predicted octanol–water partition coefficient (Wildman–Crippen LogP) is 5.48. The van der Waals surface area contributed by atoms with Crippen molar-refractivity contribution in [2.75, 3.05) is 7.11 Å². The van der Waals surface area contributed by atoms with Gasteiger partial charge in [0, 0.05) is 17.4 Å². The summed E-state index contributed by atoms with van der Waals surface area (Å²) >= 11 is 5.92. The molecule has 0 radical (unpaired) electrons. The van der Waals surface area contributed by atoms with Crippen molar-refractivity contribution in [3.05, 3.63) is 113 Å². The molecule has 7 heteroatoms. The minimum absolute atomic E-state index is 0.301. The van der Waals surface area contributed by atoms with Crippen molar-refractivity contribution in [1.29, 1.82) is 0 Å². The van der Waals surface area contributed by atoms with Gasteiger partial charge in [0.2, 0.25) is 0 Å². The van der Waals surface area contributed by atoms with Gasteiger partial charge in [0.1, 0.15) is 6.61 Å². The van der Waals surface area contributed by atoms with Crippen LogP contribution in [0, 0.1) is 0 Å². The topological polar surface area (TPSA) is 64.8 Å². The van der Waals surface area contributed by atoms with Crippen LogP contribution in [0.3, 0.4) is 0 Å². The van der Waals surface area contributed by atoms with Crippen LogP contribution < -0.4 is 14.9 Å². The second kappa shape index (κ2) is 10.5. The van der Waals surface area contributed by atoms with Crippen LogP contribution in [0.5, 0.6) is 11.5 Å². The lowest BCUT2D eigenvalue weighted by molar-refractivity contribution is 0.0955. The SMILES string of the molecule is COc1cc(/C=N\NC(=O)c2ccccc2-n2cccc2)ccc1OCc1ccc(Cl)cc1. The van der Waals surface area contributed by atoms with Gasteiger partial charge < -0.3 is 14.0 Å². The summed E-state index contributed by atoms with van der Waals surface area (Å²) < 4.78 is 13.2. The number of hydrogen-bond acceptors (Lipinski definition) is 4. The van der Waals surface area contributed by atoms with Gasteiger partial charge in [0.05, 0.1) is 24.6 Å². The maximum Gasteiger partial charge on any atom is 0.273 e. The van der Waals surface area contributed by atoms with Crippen molar-refractivity contribution >= 4 is 23.7 Å². The summed E-state index contributed by atoms with van der Waals surface area (Å²) in [5.74, 6) is 0.872. The van der Waals surface area contributed by atoms with Crippen LogP contribution in [-0.4, -0.2) is 23.8 Å². The number of methoxy groups -OCH3 is 1. The molecule has 33 heavy (non-hydrogen) atoms. The van der Waals surface area contributed by atoms with Gasteiger partial charge in [0.25, 0.3) is 5.91 Å². The first-order valence-electron chi connectivity index (χ1n) is 10.2. The Morgan fingerprint density at radius 3 is 2.52 bits per heavy atom. The Balaban J connectivity index is 1.41. The Morgan fingerprint density at radius 1 is 1.00 bits per heavy atom. The van der Waals surface area contributed by atoms with Crippen LogP contribution in [0.25, 0.3) is 5.69 Å². The van der Waals surface area contributed by atoms with E-state index in [0.29, 0.717) is 28.7 Å². The fourth-order valence-corrected chi connectivity index (χ4v) is 3.36. The van der Waals surface area contributed by atoms with Crippen molar-refractivity contribution in [2.45, 2.75) is 6.61 Å². The van der Waals surface area contributed by atoms with Crippen molar-refractivity contribution in [2.24, 2.45) is 5.10 Å². The number of halogens is 1. The molecule has 0 fully saturated rings. The normalized spacial score (nSPS) is 10.8. The third kappa shape index (κ3) is 5.61. The first-order valence-corrected chi connectivity index (χ1v) is 10.6. The number of hydrogen-bond donors (Lipinski definition) is 1. The molecule has 0 aliphatic rings. The Morgan fingerprint density at radius 2 is 1.76 bits per heavy atom. The molecular weight excluding hydrogens is 438 g/mol. The van der Waals surface area contributed by atoms with E-state index in [2.05, 4.69) is 10.5 Å². The summed E-state index contributed by atoms with van der Waals surface area (Å²) in [4.78, 5) is 12.7. The Bertz CT molecular complexity index is 1250. The van der Waals surface area contributed by atoms with Gasteiger partial charge in [-0.1, -0.05) is 35.9 Å². The number of carbonyl (C=O) groups is 1. The van der Waals surface area contributed by atoms with Crippen LogP contribution in [-0.2, 0) is 6.61 Å². The predicted molar refractivity (Wildman–Crippen MR) is 130 cm³/mol. The van der Waals surface area contributed by atoms with E-state index in [1.165, 1.54) is 0 Å². The first kappa shape index (κ1) is 22.2. The number of aromatic nitrogens is 1. The molecule has 4 rings (SSSR count). The van der Waals surface area contributed by atoms with E-state index in [4.69, 9.17) is 21.1 Å². The Kier molecular flexibility index (Phi) is 7.07. The highest BCUT2D eigenvalue weighted by atomic mass is 35.5. The van der Waals surface area contributed by atoms with Crippen LogP contribution >= 0.6 is 11.6 Å². The molecule has 0 aliphatic heterocycles. The smallest absolute Gasteiger partial charge is 0.273 e. The second-order valence-electron chi connectivity index (χ2n) is 7.13. The van der Waals surface area contributed by atoms with Crippen LogP contribution in [0.15, 0.2) is 96.4 Å². The molecule has 3 aromatic carbocycles. The van der Waals surface area contributed by atoms with E-state index in [-0.39, 0.29) is 5.91 Å². The van der Waals surface area contributed by atoms with Crippen molar-refractivity contribution in [1.82, 2.24) is 9.99 Å². The molecule has 0 unspecified atom stereocenters. The zero-order chi connectivity index (χ0) is 23.0. The van der Waals surface area contributed by atoms with Crippen molar-refractivity contribution in [3.8, 4) is 17.2 Å². The molecule has 1 heterocycles. The maximum absolute atomic E-state index is 12.7. The molecule has 166 valence electrons. The molecule has 0 saturated carbocycles. The maximum atomic E-state index is 12.7. The highest BCUT2D eigenvalue weighted by Gasteiger charge is 2.11. The van der Waals surface area contributed by atoms with Gasteiger partial charge in [-0.25, -0.2) is 5.43 Å². The van der Waals surface area contributed by atoms with Gasteiger partial charge in [0.15, 0.2) is 11.5 Å². The first-order chi connectivity index (χ1) is 16.1. The summed E-state index contributed by atoms with van der Waals surface area (Å²) in [5, 5.41) is 4.79. The van der Waals surface area contributed by atoms with E-state index >= 15 is 0 Å². The Labute approximate surface area is 197 Å². The monoisotopic (exact) mass is 459 g/mol. The molecule has 6 nitrogen and oxygen atoms in total. The zero-order valence-electron chi connectivity index (χ0n) is 17.9. The molecule has 0 saturated heterocycles. The van der Waals surface area contributed by atoms with Crippen LogP contribution in [0.1, 0.15) is 21.5 Å². The van der Waals surface area contributed by atoms with Gasteiger partial charge in [-0.3, -0.25) is 4.79 Å². The lowest BCUT2D eigenvalue weighted by Crippen LogP contribution is -2.19. The molecule has 0 bridgehead atoms. The van der Waals surface area contributed by atoms with Gasteiger partial charge in [-0.15, -0.1) is 0 Å². The molecule has 1 amide bonds. The fraction of sp³-hybridized carbons (Fsp3) is 0.0769. The summed E-state index contributed by atoms with van der Waals surface area (Å²) in [6.45, 7) is 0.387. The second-order valence-corrected chi connectivity index (χ2v) is 7.57. The number of nitrogens with zero attached hydrogens (tertiary/aromatic N) is 2. The van der Waals surface area contributed by atoms with Gasteiger partial charge in [-0.05, 0) is 65.7 Å². The number of carbonyl (C=O) groups excluding carboxylic acids is 1. The molecule has 0 aliphatic carbocycles. The lowest BCUT2D eigenvalue weighted by atomic mass is 10.1. The minimum atomic E-state index is -0.301. The summed E-state index contributed by atoms with van der Waals surface area (Å²) in [7, 11) is 1.57. The number of benzene rings is 3. The van der Waals surface area contributed by atoms with Crippen molar-refractivity contribution < 1.29 is 14.3 Å². The Hall–Kier alpha value is -4.03. The largest absolute Gasteiger partial charge is 0.493 e. The van der Waals surface area contributed by atoms with Crippen LogP contribution in [0.4, 0.5) is 0 Å². The summed E-state index contributed by atoms with van der Waals surface area (Å²) in [6, 6.07) is 24.1. The lowest BCUT2D eigenvalue weighted by Gasteiger charge is -2.11. The number of amides is 1. The third-order valence-electron chi connectivity index (χ3n) is 4.91. The van der Waals surface area contributed by atoms with E-state index < -0.39 is 0 Å². The molecule has 1 N–H and O–H groups in total. The zero-order valence-corrected chi connectivity index (χ0v) is 18.7. The van der Waals surface area contributed by atoms with E-state index in [1.54, 1.807) is 31.5 Å². The highest BCUT2D eigenvalue weighted by molar-refractivity contribution is 6.30. The number of para-hydroxylation sites is 1. The van der Waals surface area contributed by atoms with Crippen LogP contribution in [0.2, 0.25) is 5.02 Å². The fourth-order valence-electron chi connectivity index (χ4n) is 3.24. The van der Waals surface area contributed by atoms with Crippen molar-refractivity contribution in [3.63, 3.8) is 0 Å². The quantitative estimate of drug-likeness (QED) is 0.280. The number of ether oxygens (including phenoxy) is 2. The van der Waals surface area contributed by atoms with Gasteiger partial charge in [-0.2, -0.15) is 5.10 Å². The molecule has 4 aromatic rings. The number of hydrazone groups is 1. The average Bonchev–Trinajstić information content (AvgIpc) is 3.39. The van der Waals surface area contributed by atoms with Gasteiger partial charge >= 0.3 is 0 Å². The van der Waals surface area contributed by atoms with E-state index in [0.717, 1.165) is 16.8 Å². The molecule has 1 aromatic heterocycles. The molecule has 0 atom stereocenters. The summed E-state index contributed by atoms with van der Waals surface area (Å²) in [6.07, 6.45) is 5.33. The minimum Gasteiger partial charge on any atom is -0.493 e. The molecular formula is C26H22ClN3O3. The number of rotatable bonds is 8. The summed E-state index contributed by atoms with van der Waals surface area (Å²) in [5.41, 5.74) is 5.64. The average molecular weight is 460 g/mol.